The molecule has 0 aromatic heterocycles. The summed E-state index contributed by atoms with van der Waals surface area (Å²) in [6, 6.07) is 0. The highest BCUT2D eigenvalue weighted by Gasteiger charge is 2.29. The van der Waals surface area contributed by atoms with Crippen molar-refractivity contribution in [2.75, 3.05) is 19.8 Å². The van der Waals surface area contributed by atoms with Crippen LogP contribution in [-0.4, -0.2) is 25.8 Å². The molecule has 0 unspecified atom stereocenters. The van der Waals surface area contributed by atoms with Gasteiger partial charge in [-0.2, -0.15) is 0 Å². The highest BCUT2D eigenvalue weighted by atomic mass is 17.2. The van der Waals surface area contributed by atoms with Crippen LogP contribution >= 0.6 is 0 Å². The molecule has 0 amide bonds. The Kier molecular flexibility index (Phi) is 7.30. The monoisotopic (exact) mass is 272 g/mol. The Labute approximate surface area is 117 Å². The molecule has 0 aliphatic rings. The van der Waals surface area contributed by atoms with Crippen molar-refractivity contribution in [3.8, 4) is 0 Å². The van der Waals surface area contributed by atoms with E-state index in [0.717, 1.165) is 12.0 Å². The van der Waals surface area contributed by atoms with E-state index in [2.05, 4.69) is 6.58 Å². The normalized spacial score (nSPS) is 12.3. The number of hydrogen-bond donors (Lipinski definition) is 0. The van der Waals surface area contributed by atoms with Gasteiger partial charge >= 0.3 is 5.97 Å². The first kappa shape index (κ1) is 18.1. The van der Waals surface area contributed by atoms with Crippen LogP contribution in [0.15, 0.2) is 12.2 Å². The molecule has 0 radical (unpaired) electrons. The molecule has 0 spiro atoms. The highest BCUT2D eigenvalue weighted by molar-refractivity contribution is 5.75. The second-order valence-corrected chi connectivity index (χ2v) is 6.46. The molecule has 0 N–H and O–H groups in total. The predicted octanol–water partition coefficient (Wildman–Crippen LogP) is 3.52. The van der Waals surface area contributed by atoms with Crippen LogP contribution in [0, 0.1) is 10.8 Å². The highest BCUT2D eigenvalue weighted by Crippen LogP contribution is 2.24. The quantitative estimate of drug-likeness (QED) is 0.212. The van der Waals surface area contributed by atoms with E-state index in [9.17, 15) is 4.79 Å². The molecule has 4 nitrogen and oxygen atoms in total. The van der Waals surface area contributed by atoms with Gasteiger partial charge in [0.2, 0.25) is 0 Å². The molecule has 19 heavy (non-hydrogen) atoms. The Morgan fingerprint density at radius 3 is 2.16 bits per heavy atom. The summed E-state index contributed by atoms with van der Waals surface area (Å²) in [5, 5.41) is 0. The molecule has 4 heteroatoms. The van der Waals surface area contributed by atoms with Crippen molar-refractivity contribution in [2.45, 2.75) is 48.0 Å². The number of carbonyl (C=O) groups is 1. The largest absolute Gasteiger partial charge is 0.465 e. The molecule has 0 fully saturated rings. The predicted molar refractivity (Wildman–Crippen MR) is 75.5 cm³/mol. The smallest absolute Gasteiger partial charge is 0.311 e. The zero-order chi connectivity index (χ0) is 15.1. The lowest BCUT2D eigenvalue weighted by atomic mass is 9.90. The van der Waals surface area contributed by atoms with Crippen LogP contribution in [0.5, 0.6) is 0 Å². The van der Waals surface area contributed by atoms with Crippen molar-refractivity contribution >= 4 is 5.97 Å². The lowest BCUT2D eigenvalue weighted by Crippen LogP contribution is -2.32. The van der Waals surface area contributed by atoms with Crippen LogP contribution in [0.4, 0.5) is 0 Å². The maximum Gasteiger partial charge on any atom is 0.311 e. The lowest BCUT2D eigenvalue weighted by Gasteiger charge is -2.26. The number of rotatable bonds is 9. The number of ether oxygens (including phenoxy) is 1. The Balaban J connectivity index is 4.03. The van der Waals surface area contributed by atoms with Gasteiger partial charge in [-0.15, -0.1) is 0 Å². The molecule has 0 rings (SSSR count). The maximum atomic E-state index is 11.9. The minimum atomic E-state index is -0.437. The molecule has 0 bridgehead atoms. The van der Waals surface area contributed by atoms with Gasteiger partial charge < -0.3 is 4.74 Å². The fourth-order valence-corrected chi connectivity index (χ4v) is 0.986. The van der Waals surface area contributed by atoms with Gasteiger partial charge in [0, 0.05) is 5.41 Å². The van der Waals surface area contributed by atoms with E-state index in [1.54, 1.807) is 0 Å². The SMILES string of the molecule is C=C(C)COOCC(C)(C)COC(=O)C(C)(C)CC. The average molecular weight is 272 g/mol. The van der Waals surface area contributed by atoms with Gasteiger partial charge in [0.05, 0.1) is 18.6 Å². The topological polar surface area (TPSA) is 44.8 Å². The van der Waals surface area contributed by atoms with Gasteiger partial charge in [-0.1, -0.05) is 32.9 Å². The maximum absolute atomic E-state index is 11.9. The van der Waals surface area contributed by atoms with Gasteiger partial charge in [-0.3, -0.25) is 4.79 Å². The van der Waals surface area contributed by atoms with Gasteiger partial charge in [0.15, 0.2) is 0 Å². The first-order valence-electron chi connectivity index (χ1n) is 6.67. The second-order valence-electron chi connectivity index (χ2n) is 6.46. The summed E-state index contributed by atoms with van der Waals surface area (Å²) in [6.45, 7) is 16.3. The van der Waals surface area contributed by atoms with E-state index in [1.165, 1.54) is 0 Å². The standard InChI is InChI=1S/C15H28O4/c1-8-15(6,7)13(16)17-10-14(4,5)11-19-18-9-12(2)3/h2,8-11H2,1,3-7H3. The van der Waals surface area contributed by atoms with Gasteiger partial charge in [-0.05, 0) is 27.2 Å². The van der Waals surface area contributed by atoms with Crippen LogP contribution in [0.2, 0.25) is 0 Å². The molecular weight excluding hydrogens is 244 g/mol. The Bertz CT molecular complexity index is 305. The zero-order valence-corrected chi connectivity index (χ0v) is 13.2. The summed E-state index contributed by atoms with van der Waals surface area (Å²) in [7, 11) is 0. The number of carbonyl (C=O) groups excluding carboxylic acids is 1. The number of hydrogen-bond acceptors (Lipinski definition) is 4. The summed E-state index contributed by atoms with van der Waals surface area (Å²) in [4.78, 5) is 21.9. The summed E-state index contributed by atoms with van der Waals surface area (Å²) >= 11 is 0. The zero-order valence-electron chi connectivity index (χ0n) is 13.2. The molecule has 0 heterocycles. The van der Waals surface area contributed by atoms with Crippen molar-refractivity contribution in [1.82, 2.24) is 0 Å². The van der Waals surface area contributed by atoms with Crippen molar-refractivity contribution in [1.29, 1.82) is 0 Å². The molecular formula is C15H28O4. The van der Waals surface area contributed by atoms with E-state index >= 15 is 0 Å². The van der Waals surface area contributed by atoms with Crippen molar-refractivity contribution < 1.29 is 19.3 Å². The third-order valence-corrected chi connectivity index (χ3v) is 2.87. The first-order valence-corrected chi connectivity index (χ1v) is 6.67. The van der Waals surface area contributed by atoms with Gasteiger partial charge in [-0.25, -0.2) is 9.78 Å². The Morgan fingerprint density at radius 2 is 1.68 bits per heavy atom. The Morgan fingerprint density at radius 1 is 1.11 bits per heavy atom. The molecule has 0 atom stereocenters. The van der Waals surface area contributed by atoms with E-state index in [4.69, 9.17) is 14.5 Å². The molecule has 0 aliphatic carbocycles. The summed E-state index contributed by atoms with van der Waals surface area (Å²) in [6.07, 6.45) is 0.754. The van der Waals surface area contributed by atoms with Crippen molar-refractivity contribution in [3.05, 3.63) is 12.2 Å². The van der Waals surface area contributed by atoms with Crippen LogP contribution in [0.1, 0.15) is 48.0 Å². The van der Waals surface area contributed by atoms with Crippen LogP contribution in [0.25, 0.3) is 0 Å². The minimum absolute atomic E-state index is 0.175. The fraction of sp³-hybridized carbons (Fsp3) is 0.800. The van der Waals surface area contributed by atoms with Gasteiger partial charge in [0.25, 0.3) is 0 Å². The number of esters is 1. The van der Waals surface area contributed by atoms with Gasteiger partial charge in [0.1, 0.15) is 6.61 Å². The van der Waals surface area contributed by atoms with E-state index in [0.29, 0.717) is 19.8 Å². The fourth-order valence-electron chi connectivity index (χ4n) is 0.986. The van der Waals surface area contributed by atoms with Crippen molar-refractivity contribution in [3.63, 3.8) is 0 Å². The van der Waals surface area contributed by atoms with E-state index < -0.39 is 5.41 Å². The van der Waals surface area contributed by atoms with Crippen LogP contribution in [0.3, 0.4) is 0 Å². The van der Waals surface area contributed by atoms with Crippen molar-refractivity contribution in [2.24, 2.45) is 10.8 Å². The molecule has 112 valence electrons. The van der Waals surface area contributed by atoms with Crippen LogP contribution < -0.4 is 0 Å². The third kappa shape index (κ3) is 8.01. The second kappa shape index (κ2) is 7.65. The van der Waals surface area contributed by atoms with E-state index in [1.807, 2.05) is 41.5 Å². The minimum Gasteiger partial charge on any atom is -0.465 e. The molecule has 0 saturated carbocycles. The average Bonchev–Trinajstić information content (AvgIpc) is 2.31. The summed E-state index contributed by atoms with van der Waals surface area (Å²) < 4.78 is 5.35. The summed E-state index contributed by atoms with van der Waals surface area (Å²) in [5.41, 5.74) is 0.177. The molecule has 0 aromatic carbocycles. The Hall–Kier alpha value is -0.870. The van der Waals surface area contributed by atoms with Crippen LogP contribution in [-0.2, 0) is 19.3 Å². The lowest BCUT2D eigenvalue weighted by molar-refractivity contribution is -0.303. The molecule has 0 aromatic rings. The third-order valence-electron chi connectivity index (χ3n) is 2.87. The summed E-state index contributed by atoms with van der Waals surface area (Å²) in [5.74, 6) is -0.175. The van der Waals surface area contributed by atoms with E-state index in [-0.39, 0.29) is 11.4 Å². The molecule has 0 saturated heterocycles. The molecule has 0 aliphatic heterocycles. The first-order chi connectivity index (χ1) is 8.60.